The third-order valence-corrected chi connectivity index (χ3v) is 4.87. The number of ether oxygens (including phenoxy) is 1. The standard InChI is InChI=1S/C14H20ClNO2S/c1-9(14(8-17)19-2)16-7-12-6-10-5-11(15)3-4-13(10)18-12/h3-5,9,12,14,16-17H,6-8H2,1-2H3. The number of fused-ring (bicyclic) bond motifs is 1. The zero-order valence-corrected chi connectivity index (χ0v) is 12.8. The van der Waals surface area contributed by atoms with Gasteiger partial charge in [0.25, 0.3) is 0 Å². The maximum Gasteiger partial charge on any atom is 0.123 e. The van der Waals surface area contributed by atoms with E-state index < -0.39 is 0 Å². The van der Waals surface area contributed by atoms with Crippen molar-refractivity contribution in [3.05, 3.63) is 28.8 Å². The third kappa shape index (κ3) is 3.78. The molecular weight excluding hydrogens is 282 g/mol. The van der Waals surface area contributed by atoms with E-state index in [1.807, 2.05) is 24.5 Å². The summed E-state index contributed by atoms with van der Waals surface area (Å²) in [4.78, 5) is 0. The molecule has 0 saturated heterocycles. The van der Waals surface area contributed by atoms with Crippen LogP contribution in [0.3, 0.4) is 0 Å². The molecule has 3 nitrogen and oxygen atoms in total. The van der Waals surface area contributed by atoms with Crippen LogP contribution in [-0.2, 0) is 6.42 Å². The van der Waals surface area contributed by atoms with Crippen LogP contribution < -0.4 is 10.1 Å². The van der Waals surface area contributed by atoms with E-state index in [0.717, 1.165) is 23.7 Å². The van der Waals surface area contributed by atoms with E-state index in [2.05, 4.69) is 12.2 Å². The molecule has 0 radical (unpaired) electrons. The van der Waals surface area contributed by atoms with E-state index in [9.17, 15) is 5.11 Å². The first-order valence-corrected chi connectivity index (χ1v) is 8.12. The Morgan fingerprint density at radius 1 is 1.58 bits per heavy atom. The molecule has 0 saturated carbocycles. The lowest BCUT2D eigenvalue weighted by Crippen LogP contribution is -2.42. The van der Waals surface area contributed by atoms with Gasteiger partial charge < -0.3 is 15.2 Å². The number of aliphatic hydroxyl groups is 1. The Kier molecular flexibility index (Phi) is 5.39. The van der Waals surface area contributed by atoms with Crippen molar-refractivity contribution in [3.63, 3.8) is 0 Å². The smallest absolute Gasteiger partial charge is 0.123 e. The van der Waals surface area contributed by atoms with Crippen LogP contribution in [0.2, 0.25) is 5.02 Å². The Morgan fingerprint density at radius 3 is 3.05 bits per heavy atom. The summed E-state index contributed by atoms with van der Waals surface area (Å²) in [5.74, 6) is 0.937. The Labute approximate surface area is 123 Å². The van der Waals surface area contributed by atoms with E-state index in [0.29, 0.717) is 0 Å². The number of nitrogens with one attached hydrogen (secondary N) is 1. The molecule has 3 atom stereocenters. The molecule has 0 bridgehead atoms. The summed E-state index contributed by atoms with van der Waals surface area (Å²) in [6.45, 7) is 3.07. The van der Waals surface area contributed by atoms with Crippen LogP contribution in [0.15, 0.2) is 18.2 Å². The van der Waals surface area contributed by atoms with Gasteiger partial charge in [0.1, 0.15) is 11.9 Å². The van der Waals surface area contributed by atoms with Gasteiger partial charge in [-0.1, -0.05) is 11.6 Å². The minimum Gasteiger partial charge on any atom is -0.488 e. The molecule has 1 aromatic carbocycles. The zero-order chi connectivity index (χ0) is 13.8. The average molecular weight is 302 g/mol. The fraction of sp³-hybridized carbons (Fsp3) is 0.571. The van der Waals surface area contributed by atoms with Crippen molar-refractivity contribution in [2.24, 2.45) is 0 Å². The van der Waals surface area contributed by atoms with Crippen LogP contribution in [0, 0.1) is 0 Å². The summed E-state index contributed by atoms with van der Waals surface area (Å²) in [6, 6.07) is 6.02. The molecule has 0 aliphatic carbocycles. The minimum atomic E-state index is 0.150. The fourth-order valence-electron chi connectivity index (χ4n) is 2.29. The van der Waals surface area contributed by atoms with E-state index >= 15 is 0 Å². The molecule has 106 valence electrons. The highest BCUT2D eigenvalue weighted by molar-refractivity contribution is 7.99. The lowest BCUT2D eigenvalue weighted by atomic mass is 10.1. The average Bonchev–Trinajstić information content (AvgIpc) is 2.79. The summed E-state index contributed by atoms with van der Waals surface area (Å²) >= 11 is 7.66. The summed E-state index contributed by atoms with van der Waals surface area (Å²) in [5.41, 5.74) is 1.18. The van der Waals surface area contributed by atoms with E-state index in [4.69, 9.17) is 16.3 Å². The van der Waals surface area contributed by atoms with Crippen molar-refractivity contribution in [2.45, 2.75) is 30.7 Å². The fourth-order valence-corrected chi connectivity index (χ4v) is 3.14. The second-order valence-corrected chi connectivity index (χ2v) is 6.36. The van der Waals surface area contributed by atoms with E-state index in [1.165, 1.54) is 5.56 Å². The highest BCUT2D eigenvalue weighted by atomic mass is 35.5. The normalized spacial score (nSPS) is 20.7. The third-order valence-electron chi connectivity index (χ3n) is 3.47. The molecule has 0 amide bonds. The highest BCUT2D eigenvalue weighted by Crippen LogP contribution is 2.30. The highest BCUT2D eigenvalue weighted by Gasteiger charge is 2.24. The largest absolute Gasteiger partial charge is 0.488 e. The Bertz CT molecular complexity index is 426. The molecule has 3 unspecified atom stereocenters. The van der Waals surface area contributed by atoms with Gasteiger partial charge in [0, 0.05) is 29.3 Å². The second-order valence-electron chi connectivity index (χ2n) is 4.85. The molecule has 1 aliphatic rings. The van der Waals surface area contributed by atoms with Crippen LogP contribution >= 0.6 is 23.4 Å². The van der Waals surface area contributed by atoms with Crippen molar-refractivity contribution in [2.75, 3.05) is 19.4 Å². The minimum absolute atomic E-state index is 0.150. The van der Waals surface area contributed by atoms with Gasteiger partial charge in [0.2, 0.25) is 0 Å². The van der Waals surface area contributed by atoms with Gasteiger partial charge in [0.05, 0.1) is 6.61 Å². The molecule has 19 heavy (non-hydrogen) atoms. The van der Waals surface area contributed by atoms with Crippen LogP contribution in [0.1, 0.15) is 12.5 Å². The summed E-state index contributed by atoms with van der Waals surface area (Å²) in [6.07, 6.45) is 3.05. The van der Waals surface area contributed by atoms with Gasteiger partial charge in [-0.3, -0.25) is 0 Å². The SMILES string of the molecule is CSC(CO)C(C)NCC1Cc2cc(Cl)ccc2O1. The maximum absolute atomic E-state index is 9.25. The molecule has 0 fully saturated rings. The second kappa shape index (κ2) is 6.84. The number of halogens is 1. The van der Waals surface area contributed by atoms with Crippen LogP contribution in [-0.4, -0.2) is 41.9 Å². The lowest BCUT2D eigenvalue weighted by Gasteiger charge is -2.23. The summed E-state index contributed by atoms with van der Waals surface area (Å²) < 4.78 is 5.87. The monoisotopic (exact) mass is 301 g/mol. The Balaban J connectivity index is 1.84. The zero-order valence-electron chi connectivity index (χ0n) is 11.2. The predicted molar refractivity (Wildman–Crippen MR) is 81.4 cm³/mol. The predicted octanol–water partition coefficient (Wildman–Crippen LogP) is 2.35. The van der Waals surface area contributed by atoms with Crippen LogP contribution in [0.4, 0.5) is 0 Å². The quantitative estimate of drug-likeness (QED) is 0.846. The van der Waals surface area contributed by atoms with Crippen molar-refractivity contribution >= 4 is 23.4 Å². The number of hydrogen-bond donors (Lipinski definition) is 2. The molecule has 1 aliphatic heterocycles. The van der Waals surface area contributed by atoms with Crippen molar-refractivity contribution < 1.29 is 9.84 Å². The van der Waals surface area contributed by atoms with Gasteiger partial charge >= 0.3 is 0 Å². The topological polar surface area (TPSA) is 41.5 Å². The first kappa shape index (κ1) is 15.0. The van der Waals surface area contributed by atoms with E-state index in [1.54, 1.807) is 11.8 Å². The molecule has 1 heterocycles. The summed E-state index contributed by atoms with van der Waals surface area (Å²) in [5, 5.41) is 13.7. The Hall–Kier alpha value is -0.420. The first-order valence-electron chi connectivity index (χ1n) is 6.46. The number of hydrogen-bond acceptors (Lipinski definition) is 4. The van der Waals surface area contributed by atoms with Gasteiger partial charge in [0.15, 0.2) is 0 Å². The molecule has 1 aromatic rings. The number of benzene rings is 1. The van der Waals surface area contributed by atoms with Crippen LogP contribution in [0.5, 0.6) is 5.75 Å². The van der Waals surface area contributed by atoms with Gasteiger partial charge in [-0.2, -0.15) is 11.8 Å². The maximum atomic E-state index is 9.25. The molecule has 2 N–H and O–H groups in total. The Morgan fingerprint density at radius 2 is 2.37 bits per heavy atom. The van der Waals surface area contributed by atoms with E-state index in [-0.39, 0.29) is 24.0 Å². The van der Waals surface area contributed by atoms with Crippen molar-refractivity contribution in [1.29, 1.82) is 0 Å². The summed E-state index contributed by atoms with van der Waals surface area (Å²) in [7, 11) is 0. The lowest BCUT2D eigenvalue weighted by molar-refractivity contribution is 0.215. The van der Waals surface area contributed by atoms with Gasteiger partial charge in [-0.05, 0) is 36.9 Å². The molecule has 5 heteroatoms. The van der Waals surface area contributed by atoms with Crippen molar-refractivity contribution in [1.82, 2.24) is 5.32 Å². The first-order chi connectivity index (χ1) is 9.13. The number of aliphatic hydroxyl groups excluding tert-OH is 1. The van der Waals surface area contributed by atoms with Crippen molar-refractivity contribution in [3.8, 4) is 5.75 Å². The molecule has 2 rings (SSSR count). The van der Waals surface area contributed by atoms with Crippen LogP contribution in [0.25, 0.3) is 0 Å². The molecule has 0 spiro atoms. The molecular formula is C14H20ClNO2S. The van der Waals surface area contributed by atoms with Gasteiger partial charge in [-0.15, -0.1) is 0 Å². The number of thioether (sulfide) groups is 1. The van der Waals surface area contributed by atoms with Gasteiger partial charge in [-0.25, -0.2) is 0 Å². The number of rotatable bonds is 6. The molecule has 0 aromatic heterocycles.